The van der Waals surface area contributed by atoms with Gasteiger partial charge in [-0.1, -0.05) is 51.2 Å². The minimum Gasteiger partial charge on any atom is -0.481 e. The second-order valence-electron chi connectivity index (χ2n) is 7.16. The largest absolute Gasteiger partial charge is 0.481 e. The number of carbonyl (C=O) groups excluding carboxylic acids is 1. The van der Waals surface area contributed by atoms with E-state index >= 15 is 0 Å². The predicted molar refractivity (Wildman–Crippen MR) is 104 cm³/mol. The number of thiol groups is 1. The average Bonchev–Trinajstić information content (AvgIpc) is 2.93. The molecule has 0 aromatic carbocycles. The van der Waals surface area contributed by atoms with Gasteiger partial charge >= 0.3 is 5.97 Å². The molecule has 0 amide bonds. The second kappa shape index (κ2) is 13.4. The summed E-state index contributed by atoms with van der Waals surface area (Å²) in [5.41, 5.74) is 0. The molecule has 1 saturated carbocycles. The smallest absolute Gasteiger partial charge is 0.306 e. The Morgan fingerprint density at radius 3 is 2.80 bits per heavy atom. The van der Waals surface area contributed by atoms with Crippen molar-refractivity contribution in [1.29, 1.82) is 0 Å². The Hall–Kier alpha value is -0.810. The van der Waals surface area contributed by atoms with E-state index in [2.05, 4.69) is 32.0 Å². The van der Waals surface area contributed by atoms with Crippen molar-refractivity contribution in [2.24, 2.45) is 11.8 Å². The number of carbonyl (C=O) groups is 2. The van der Waals surface area contributed by atoms with Gasteiger partial charge in [0.15, 0.2) is 0 Å². The maximum Gasteiger partial charge on any atom is 0.306 e. The Morgan fingerprint density at radius 2 is 2.12 bits per heavy atom. The Balaban J connectivity index is 2.28. The van der Waals surface area contributed by atoms with Crippen LogP contribution < -0.4 is 0 Å². The van der Waals surface area contributed by atoms with Crippen LogP contribution in [-0.4, -0.2) is 23.0 Å². The van der Waals surface area contributed by atoms with Crippen LogP contribution in [0.3, 0.4) is 0 Å². The highest BCUT2D eigenvalue weighted by molar-refractivity contribution is 7.75. The van der Waals surface area contributed by atoms with Gasteiger partial charge in [0.1, 0.15) is 5.78 Å². The summed E-state index contributed by atoms with van der Waals surface area (Å²) in [6.45, 7) is 2.22. The highest BCUT2D eigenvalue weighted by Crippen LogP contribution is 2.34. The topological polar surface area (TPSA) is 63.6 Å². The highest BCUT2D eigenvalue weighted by atomic mass is 32.1. The van der Waals surface area contributed by atoms with Gasteiger partial charge in [-0.3, -0.25) is 9.59 Å². The van der Waals surface area contributed by atoms with E-state index in [1.54, 1.807) is 0 Å². The lowest BCUT2D eigenvalue weighted by Crippen LogP contribution is -2.15. The highest BCUT2D eigenvalue weighted by Gasteiger charge is 2.32. The number of ketones is 1. The third-order valence-corrected chi connectivity index (χ3v) is 5.40. The van der Waals surface area contributed by atoms with E-state index in [1.165, 1.54) is 25.7 Å². The number of hydrogen-bond donors (Lipinski definition) is 2. The van der Waals surface area contributed by atoms with Gasteiger partial charge in [0.05, 0.1) is 12.5 Å². The lowest BCUT2D eigenvalue weighted by molar-refractivity contribution is -0.138. The van der Waals surface area contributed by atoms with Gasteiger partial charge in [-0.15, -0.1) is 0 Å². The van der Waals surface area contributed by atoms with E-state index in [0.29, 0.717) is 24.5 Å². The number of carboxylic acid groups (broad SMARTS) is 1. The Morgan fingerprint density at radius 1 is 1.32 bits per heavy atom. The molecule has 0 radical (unpaired) electrons. The molecule has 1 aliphatic carbocycles. The first-order chi connectivity index (χ1) is 12.1. The fraction of sp³-hybridized carbons (Fsp3) is 0.800. The number of aliphatic carboxylic acids is 1. The summed E-state index contributed by atoms with van der Waals surface area (Å²) in [6, 6.07) is 0. The molecule has 1 aliphatic rings. The van der Waals surface area contributed by atoms with Crippen LogP contribution in [0.5, 0.6) is 0 Å². The molecule has 1 unspecified atom stereocenters. The number of rotatable bonds is 14. The van der Waals surface area contributed by atoms with Crippen molar-refractivity contribution in [3.63, 3.8) is 0 Å². The Kier molecular flexibility index (Phi) is 11.9. The Bertz CT molecular complexity index is 422. The number of carboxylic acids is 1. The van der Waals surface area contributed by atoms with Crippen LogP contribution in [0.15, 0.2) is 12.2 Å². The molecule has 0 aromatic rings. The summed E-state index contributed by atoms with van der Waals surface area (Å²) in [5, 5.41) is 8.80. The van der Waals surface area contributed by atoms with Crippen molar-refractivity contribution < 1.29 is 18.9 Å². The molecule has 3 atom stereocenters. The van der Waals surface area contributed by atoms with Gasteiger partial charge in [0.2, 0.25) is 0 Å². The third kappa shape index (κ3) is 9.45. The summed E-state index contributed by atoms with van der Waals surface area (Å²) in [6.07, 6.45) is 15.4. The molecule has 1 fully saturated rings. The molecule has 144 valence electrons. The van der Waals surface area contributed by atoms with E-state index in [4.69, 9.17) is 9.29 Å². The summed E-state index contributed by atoms with van der Waals surface area (Å²) >= 11 is 3.75. The van der Waals surface area contributed by atoms with Crippen LogP contribution in [0.1, 0.15) is 84.0 Å². The number of unbranched alkanes of at least 4 members (excludes halogenated alkanes) is 5. The van der Waals surface area contributed by atoms with Gasteiger partial charge < -0.3 is 9.29 Å². The van der Waals surface area contributed by atoms with Gasteiger partial charge in [-0.2, -0.15) is 0 Å². The molecule has 1 N–H and O–H groups in total. The molecule has 0 aliphatic heterocycles. The zero-order valence-corrected chi connectivity index (χ0v) is 16.4. The van der Waals surface area contributed by atoms with Crippen LogP contribution in [0.2, 0.25) is 0 Å². The normalized spacial score (nSPS) is 21.9. The molecule has 0 bridgehead atoms. The molecule has 0 spiro atoms. The molecule has 4 nitrogen and oxygen atoms in total. The van der Waals surface area contributed by atoms with E-state index in [-0.39, 0.29) is 18.4 Å². The standard InChI is InChI=1S/C20H34O4S/c1-2-3-4-5-6-7-10-16-13-14-19(21)18(16)12-9-8-11-17(24-25)15-20(22)23/h7,10,16-18,25H,2-6,8-9,11-15H2,1H3,(H,22,23)/t16-,17?,18+/m0/s1. The number of hydrogen-bond acceptors (Lipinski definition) is 4. The average molecular weight is 371 g/mol. The molecular formula is C20H34O4S. The molecule has 0 saturated heterocycles. The summed E-state index contributed by atoms with van der Waals surface area (Å²) < 4.78 is 4.90. The molecule has 5 heteroatoms. The van der Waals surface area contributed by atoms with Gasteiger partial charge in [0, 0.05) is 12.3 Å². The van der Waals surface area contributed by atoms with Crippen molar-refractivity contribution in [3.8, 4) is 0 Å². The zero-order chi connectivity index (χ0) is 18.5. The molecule has 0 aromatic heterocycles. The first-order valence-corrected chi connectivity index (χ1v) is 10.2. The van der Waals surface area contributed by atoms with Crippen molar-refractivity contribution >= 4 is 24.7 Å². The van der Waals surface area contributed by atoms with E-state index in [9.17, 15) is 9.59 Å². The monoisotopic (exact) mass is 370 g/mol. The lowest BCUT2D eigenvalue weighted by atomic mass is 9.89. The van der Waals surface area contributed by atoms with Crippen molar-refractivity contribution in [3.05, 3.63) is 12.2 Å². The molecule has 1 rings (SSSR count). The fourth-order valence-electron chi connectivity index (χ4n) is 3.62. The van der Waals surface area contributed by atoms with Crippen molar-refractivity contribution in [2.75, 3.05) is 0 Å². The zero-order valence-electron chi connectivity index (χ0n) is 15.5. The van der Waals surface area contributed by atoms with Gasteiger partial charge in [-0.05, 0) is 50.9 Å². The van der Waals surface area contributed by atoms with E-state index < -0.39 is 5.97 Å². The molecular weight excluding hydrogens is 336 g/mol. The van der Waals surface area contributed by atoms with Crippen molar-refractivity contribution in [1.82, 2.24) is 0 Å². The maximum absolute atomic E-state index is 12.1. The van der Waals surface area contributed by atoms with Crippen LogP contribution in [0.4, 0.5) is 0 Å². The van der Waals surface area contributed by atoms with Crippen LogP contribution in [0.25, 0.3) is 0 Å². The summed E-state index contributed by atoms with van der Waals surface area (Å²) in [4.78, 5) is 22.9. The van der Waals surface area contributed by atoms with Gasteiger partial charge in [-0.25, -0.2) is 0 Å². The minimum atomic E-state index is -0.867. The molecule has 0 heterocycles. The third-order valence-electron chi connectivity index (χ3n) is 5.10. The fourth-order valence-corrected chi connectivity index (χ4v) is 3.80. The predicted octanol–water partition coefficient (Wildman–Crippen LogP) is 5.37. The number of allylic oxidation sites excluding steroid dienone is 2. The quantitative estimate of drug-likeness (QED) is 0.187. The Labute approximate surface area is 158 Å². The van der Waals surface area contributed by atoms with Gasteiger partial charge in [0.25, 0.3) is 0 Å². The summed E-state index contributed by atoms with van der Waals surface area (Å²) in [7, 11) is 0. The first-order valence-electron chi connectivity index (χ1n) is 9.79. The van der Waals surface area contributed by atoms with Crippen LogP contribution in [-0.2, 0) is 13.8 Å². The minimum absolute atomic E-state index is 0.0186. The maximum atomic E-state index is 12.1. The number of Topliss-reactive ketones (excluding diaryl/α,β-unsaturated/α-hetero) is 1. The SMILES string of the molecule is CCCCCCC=C[C@H]1CCC(=O)[C@@H]1CCCCC(CC(=O)O)OS. The van der Waals surface area contributed by atoms with Crippen LogP contribution in [0, 0.1) is 11.8 Å². The second-order valence-corrected chi connectivity index (χ2v) is 7.37. The lowest BCUT2D eigenvalue weighted by Gasteiger charge is -2.16. The van der Waals surface area contributed by atoms with E-state index in [1.807, 2.05) is 0 Å². The van der Waals surface area contributed by atoms with Crippen molar-refractivity contribution in [2.45, 2.75) is 90.1 Å². The molecule has 25 heavy (non-hydrogen) atoms. The first kappa shape index (κ1) is 22.2. The van der Waals surface area contributed by atoms with Crippen LogP contribution >= 0.6 is 12.9 Å². The summed E-state index contributed by atoms with van der Waals surface area (Å²) in [5.74, 6) is 0.0821. The van der Waals surface area contributed by atoms with E-state index in [0.717, 1.165) is 32.1 Å².